The van der Waals surface area contributed by atoms with Crippen molar-refractivity contribution in [2.75, 3.05) is 41.9 Å². The van der Waals surface area contributed by atoms with Gasteiger partial charge in [-0.1, -0.05) is 35.3 Å². The minimum absolute atomic E-state index is 0.0573. The predicted molar refractivity (Wildman–Crippen MR) is 168 cm³/mol. The molecule has 220 valence electrons. The summed E-state index contributed by atoms with van der Waals surface area (Å²) in [5, 5.41) is 17.6. The molecular weight excluding hydrogens is 593 g/mol. The van der Waals surface area contributed by atoms with Crippen LogP contribution in [0.1, 0.15) is 31.2 Å². The highest BCUT2D eigenvalue weighted by molar-refractivity contribution is 6.40. The number of aromatic nitrogens is 2. The summed E-state index contributed by atoms with van der Waals surface area (Å²) in [7, 11) is 3.81. The molecule has 0 atom stereocenters. The van der Waals surface area contributed by atoms with E-state index in [-0.39, 0.29) is 38.8 Å². The van der Waals surface area contributed by atoms with Gasteiger partial charge in [0.25, 0.3) is 17.7 Å². The minimum atomic E-state index is -0.599. The van der Waals surface area contributed by atoms with Gasteiger partial charge in [0, 0.05) is 41.4 Å². The van der Waals surface area contributed by atoms with Crippen molar-refractivity contribution in [2.24, 2.45) is 0 Å². The van der Waals surface area contributed by atoms with Crippen LogP contribution in [-0.4, -0.2) is 59.4 Å². The van der Waals surface area contributed by atoms with Crippen molar-refractivity contribution in [1.29, 1.82) is 0 Å². The fourth-order valence-corrected chi connectivity index (χ4v) is 4.32. The molecule has 11 nitrogen and oxygen atoms in total. The van der Waals surface area contributed by atoms with E-state index in [1.165, 1.54) is 24.4 Å². The molecule has 0 saturated heterocycles. The normalized spacial score (nSPS) is 10.9. The number of likely N-dealkylation sites (N-methyl/N-ethyl adjacent to an activating group) is 1. The Kier molecular flexibility index (Phi) is 10.3. The predicted octanol–water partition coefficient (Wildman–Crippen LogP) is 5.53. The SMILES string of the molecule is CN(C)C/C=C/C(=O)Nc1ccc(C(=O)Nc2ccc(NC(=O)c3n[nH]cc3NC(=O)c3c(Cl)cccc3Cl)cc2)cc1. The molecular formula is C30H27Cl2N7O4. The van der Waals surface area contributed by atoms with E-state index in [0.29, 0.717) is 29.2 Å². The van der Waals surface area contributed by atoms with Crippen molar-refractivity contribution in [3.63, 3.8) is 0 Å². The third kappa shape index (κ3) is 8.52. The number of benzene rings is 3. The second-order valence-electron chi connectivity index (χ2n) is 9.42. The van der Waals surface area contributed by atoms with Crippen LogP contribution in [0.3, 0.4) is 0 Å². The standard InChI is InChI=1S/C30H27Cl2N7O4/c1-39(2)16-4-7-25(40)34-19-10-8-18(9-11-19)28(41)35-20-12-14-21(15-13-20)36-30(43)27-24(17-33-38-27)37-29(42)26-22(31)5-3-6-23(26)32/h3-15,17H,16H2,1-2H3,(H,33,38)(H,34,40)(H,35,41)(H,36,43)(H,37,42)/b7-4+. The zero-order valence-electron chi connectivity index (χ0n) is 23.1. The van der Waals surface area contributed by atoms with Gasteiger partial charge in [0.1, 0.15) is 0 Å². The smallest absolute Gasteiger partial charge is 0.278 e. The summed E-state index contributed by atoms with van der Waals surface area (Å²) in [6, 6.07) is 17.6. The van der Waals surface area contributed by atoms with E-state index in [9.17, 15) is 19.2 Å². The largest absolute Gasteiger partial charge is 0.323 e. The Morgan fingerprint density at radius 2 is 1.33 bits per heavy atom. The summed E-state index contributed by atoms with van der Waals surface area (Å²) >= 11 is 12.2. The molecule has 43 heavy (non-hydrogen) atoms. The number of hydrogen-bond donors (Lipinski definition) is 5. The number of rotatable bonds is 10. The number of nitrogens with zero attached hydrogens (tertiary/aromatic N) is 2. The molecule has 0 aliphatic heterocycles. The van der Waals surface area contributed by atoms with Crippen molar-refractivity contribution < 1.29 is 19.2 Å². The van der Waals surface area contributed by atoms with E-state index in [0.717, 1.165) is 0 Å². The van der Waals surface area contributed by atoms with Crippen molar-refractivity contribution in [2.45, 2.75) is 0 Å². The first kappa shape index (κ1) is 31.0. The average molecular weight is 620 g/mol. The first-order valence-corrected chi connectivity index (χ1v) is 13.6. The lowest BCUT2D eigenvalue weighted by Gasteiger charge is -2.10. The number of hydrogen-bond acceptors (Lipinski definition) is 6. The third-order valence-corrected chi connectivity index (χ3v) is 6.48. The van der Waals surface area contributed by atoms with Gasteiger partial charge in [-0.25, -0.2) is 0 Å². The number of carbonyl (C=O) groups is 4. The third-order valence-electron chi connectivity index (χ3n) is 5.85. The molecule has 5 N–H and O–H groups in total. The number of nitrogens with one attached hydrogen (secondary N) is 5. The Morgan fingerprint density at radius 3 is 1.93 bits per heavy atom. The maximum atomic E-state index is 12.9. The lowest BCUT2D eigenvalue weighted by Crippen LogP contribution is -2.18. The molecule has 4 amide bonds. The van der Waals surface area contributed by atoms with Crippen LogP contribution >= 0.6 is 23.2 Å². The van der Waals surface area contributed by atoms with Crippen LogP contribution in [0, 0.1) is 0 Å². The lowest BCUT2D eigenvalue weighted by atomic mass is 10.2. The monoisotopic (exact) mass is 619 g/mol. The molecule has 1 aromatic heterocycles. The van der Waals surface area contributed by atoms with Crippen LogP contribution in [0.4, 0.5) is 22.7 Å². The number of carbonyl (C=O) groups excluding carboxylic acids is 4. The molecule has 0 bridgehead atoms. The number of amides is 4. The maximum absolute atomic E-state index is 12.9. The number of halogens is 2. The zero-order valence-corrected chi connectivity index (χ0v) is 24.6. The molecule has 0 unspecified atom stereocenters. The highest BCUT2D eigenvalue weighted by atomic mass is 35.5. The van der Waals surface area contributed by atoms with Crippen LogP contribution in [0.2, 0.25) is 10.0 Å². The molecule has 0 spiro atoms. The molecule has 0 aliphatic carbocycles. The van der Waals surface area contributed by atoms with Gasteiger partial charge in [-0.05, 0) is 74.8 Å². The van der Waals surface area contributed by atoms with E-state index in [1.807, 2.05) is 19.0 Å². The molecule has 0 saturated carbocycles. The van der Waals surface area contributed by atoms with Crippen LogP contribution < -0.4 is 21.3 Å². The summed E-state index contributed by atoms with van der Waals surface area (Å²) in [5.41, 5.74) is 2.02. The average Bonchev–Trinajstić information content (AvgIpc) is 3.42. The van der Waals surface area contributed by atoms with Crippen LogP contribution in [0.15, 0.2) is 85.1 Å². The fraction of sp³-hybridized carbons (Fsp3) is 0.100. The first-order chi connectivity index (χ1) is 20.6. The molecule has 4 aromatic rings. The molecule has 3 aromatic carbocycles. The molecule has 1 heterocycles. The Labute approximate surface area is 257 Å². The van der Waals surface area contributed by atoms with Gasteiger partial charge < -0.3 is 26.2 Å². The second kappa shape index (κ2) is 14.3. The zero-order chi connectivity index (χ0) is 30.9. The Bertz CT molecular complexity index is 1650. The molecule has 0 fully saturated rings. The van der Waals surface area contributed by atoms with Gasteiger partial charge in [-0.3, -0.25) is 24.3 Å². The Hall–Kier alpha value is -4.97. The van der Waals surface area contributed by atoms with Crippen molar-refractivity contribution in [3.05, 3.63) is 112 Å². The second-order valence-corrected chi connectivity index (χ2v) is 10.2. The molecule has 4 rings (SSSR count). The minimum Gasteiger partial charge on any atom is -0.323 e. The van der Waals surface area contributed by atoms with Gasteiger partial charge in [0.05, 0.1) is 21.3 Å². The van der Waals surface area contributed by atoms with Crippen molar-refractivity contribution in [1.82, 2.24) is 15.1 Å². The van der Waals surface area contributed by atoms with Crippen LogP contribution in [0.5, 0.6) is 0 Å². The lowest BCUT2D eigenvalue weighted by molar-refractivity contribution is -0.111. The van der Waals surface area contributed by atoms with Crippen LogP contribution in [0.25, 0.3) is 0 Å². The topological polar surface area (TPSA) is 148 Å². The van der Waals surface area contributed by atoms with Gasteiger partial charge in [0.15, 0.2) is 5.69 Å². The molecule has 0 aliphatic rings. The summed E-state index contributed by atoms with van der Waals surface area (Å²) in [4.78, 5) is 52.2. The summed E-state index contributed by atoms with van der Waals surface area (Å²) in [5.74, 6) is -1.80. The number of aromatic amines is 1. The number of anilines is 4. The van der Waals surface area contributed by atoms with Gasteiger partial charge in [0.2, 0.25) is 5.91 Å². The highest BCUT2D eigenvalue weighted by Crippen LogP contribution is 2.26. The molecule has 0 radical (unpaired) electrons. The van der Waals surface area contributed by atoms with Crippen molar-refractivity contribution >= 4 is 69.6 Å². The van der Waals surface area contributed by atoms with E-state index >= 15 is 0 Å². The van der Waals surface area contributed by atoms with Gasteiger partial charge in [-0.2, -0.15) is 5.10 Å². The van der Waals surface area contributed by atoms with Gasteiger partial charge in [-0.15, -0.1) is 0 Å². The first-order valence-electron chi connectivity index (χ1n) is 12.8. The van der Waals surface area contributed by atoms with E-state index in [1.54, 1.807) is 60.7 Å². The summed E-state index contributed by atoms with van der Waals surface area (Å²) < 4.78 is 0. The van der Waals surface area contributed by atoms with Gasteiger partial charge >= 0.3 is 0 Å². The quantitative estimate of drug-likeness (QED) is 0.147. The maximum Gasteiger partial charge on any atom is 0.278 e. The summed E-state index contributed by atoms with van der Waals surface area (Å²) in [6.45, 7) is 0.645. The van der Waals surface area contributed by atoms with E-state index < -0.39 is 11.8 Å². The Balaban J connectivity index is 1.32. The van der Waals surface area contributed by atoms with E-state index in [4.69, 9.17) is 23.2 Å². The van der Waals surface area contributed by atoms with Crippen LogP contribution in [-0.2, 0) is 4.79 Å². The highest BCUT2D eigenvalue weighted by Gasteiger charge is 2.20. The number of H-pyrrole nitrogens is 1. The molecule has 13 heteroatoms. The Morgan fingerprint density at radius 1 is 0.767 bits per heavy atom. The fourth-order valence-electron chi connectivity index (χ4n) is 3.75. The van der Waals surface area contributed by atoms with Crippen molar-refractivity contribution in [3.8, 4) is 0 Å². The van der Waals surface area contributed by atoms with E-state index in [2.05, 4.69) is 31.5 Å². The summed E-state index contributed by atoms with van der Waals surface area (Å²) in [6.07, 6.45) is 4.57.